The molecule has 2 aromatic heterocycles. The highest BCUT2D eigenvalue weighted by Crippen LogP contribution is 2.30. The number of aromatic amines is 1. The number of anilines is 1. The monoisotopic (exact) mass is 433 g/mol. The number of halogens is 1. The third-order valence-corrected chi connectivity index (χ3v) is 5.61. The van der Waals surface area contributed by atoms with Gasteiger partial charge in [-0.3, -0.25) is 9.89 Å². The summed E-state index contributed by atoms with van der Waals surface area (Å²) in [6.07, 6.45) is 3.07. The Balaban J connectivity index is 1.42. The first kappa shape index (κ1) is 17.1. The topological polar surface area (TPSA) is 115 Å². The zero-order chi connectivity index (χ0) is 18.1. The normalized spacial score (nSPS) is 13.0. The van der Waals surface area contributed by atoms with Gasteiger partial charge in [0.1, 0.15) is 5.69 Å². The molecule has 0 saturated carbocycles. The molecule has 1 aliphatic carbocycles. The molecule has 8 nitrogen and oxygen atoms in total. The number of nitrogens with two attached hydrogens (primary N) is 1. The van der Waals surface area contributed by atoms with Gasteiger partial charge in [0.15, 0.2) is 0 Å². The summed E-state index contributed by atoms with van der Waals surface area (Å²) in [5, 5.41) is 18.9. The molecule has 0 spiro atoms. The molecule has 0 unspecified atom stereocenters. The van der Waals surface area contributed by atoms with E-state index in [1.807, 2.05) is 24.3 Å². The van der Waals surface area contributed by atoms with Crippen molar-refractivity contribution >= 4 is 39.3 Å². The Kier molecular flexibility index (Phi) is 4.68. The molecule has 1 amide bonds. The molecule has 0 aliphatic heterocycles. The first-order chi connectivity index (χ1) is 12.6. The summed E-state index contributed by atoms with van der Waals surface area (Å²) >= 11 is 4.60. The van der Waals surface area contributed by atoms with Crippen LogP contribution in [-0.4, -0.2) is 36.7 Å². The quantitative estimate of drug-likeness (QED) is 0.420. The molecule has 0 atom stereocenters. The van der Waals surface area contributed by atoms with E-state index in [-0.39, 0.29) is 11.7 Å². The van der Waals surface area contributed by atoms with Gasteiger partial charge in [-0.2, -0.15) is 5.10 Å². The average Bonchev–Trinajstić information content (AvgIpc) is 3.32. The first-order valence-electron chi connectivity index (χ1n) is 8.07. The Morgan fingerprint density at radius 3 is 2.92 bits per heavy atom. The molecule has 4 N–H and O–H groups in total. The standard InChI is InChI=1S/C16H16BrN7OS/c17-9-4-6-10(7-5-9)19-13(25)8-26-16-23-22-15(24(16)18)14-11-2-1-3-12(11)20-21-14/h4-7H,1-3,8,18H2,(H,19,25)(H,20,21). The predicted octanol–water partition coefficient (Wildman–Crippen LogP) is 2.36. The van der Waals surface area contributed by atoms with Gasteiger partial charge >= 0.3 is 0 Å². The Labute approximate surface area is 162 Å². The van der Waals surface area contributed by atoms with E-state index in [9.17, 15) is 4.79 Å². The van der Waals surface area contributed by atoms with Gasteiger partial charge in [-0.1, -0.05) is 27.7 Å². The average molecular weight is 434 g/mol. The van der Waals surface area contributed by atoms with E-state index in [0.29, 0.717) is 11.0 Å². The van der Waals surface area contributed by atoms with Gasteiger partial charge < -0.3 is 11.2 Å². The molecule has 4 rings (SSSR count). The Hall–Kier alpha value is -2.33. The first-order valence-corrected chi connectivity index (χ1v) is 9.85. The van der Waals surface area contributed by atoms with Crippen molar-refractivity contribution in [2.45, 2.75) is 24.4 Å². The van der Waals surface area contributed by atoms with E-state index < -0.39 is 0 Å². The van der Waals surface area contributed by atoms with Gasteiger partial charge in [-0.05, 0) is 43.5 Å². The van der Waals surface area contributed by atoms with Gasteiger partial charge in [0.25, 0.3) is 0 Å². The van der Waals surface area contributed by atoms with Crippen LogP contribution in [0.4, 0.5) is 5.69 Å². The van der Waals surface area contributed by atoms with E-state index in [2.05, 4.69) is 41.6 Å². The number of H-pyrrole nitrogens is 1. The highest BCUT2D eigenvalue weighted by molar-refractivity contribution is 9.10. The van der Waals surface area contributed by atoms with E-state index in [0.717, 1.165) is 46.4 Å². The summed E-state index contributed by atoms with van der Waals surface area (Å²) in [5.41, 5.74) is 3.79. The molecule has 26 heavy (non-hydrogen) atoms. The number of benzene rings is 1. The zero-order valence-corrected chi connectivity index (χ0v) is 16.1. The molecular weight excluding hydrogens is 418 g/mol. The second kappa shape index (κ2) is 7.12. The summed E-state index contributed by atoms with van der Waals surface area (Å²) in [7, 11) is 0. The lowest BCUT2D eigenvalue weighted by atomic mass is 10.2. The second-order valence-electron chi connectivity index (χ2n) is 5.90. The van der Waals surface area contributed by atoms with Crippen molar-refractivity contribution in [3.8, 4) is 11.5 Å². The van der Waals surface area contributed by atoms with Crippen molar-refractivity contribution in [3.63, 3.8) is 0 Å². The molecule has 2 heterocycles. The van der Waals surface area contributed by atoms with Crippen molar-refractivity contribution in [1.29, 1.82) is 0 Å². The van der Waals surface area contributed by atoms with E-state index >= 15 is 0 Å². The van der Waals surface area contributed by atoms with Crippen LogP contribution in [0.15, 0.2) is 33.9 Å². The highest BCUT2D eigenvalue weighted by Gasteiger charge is 2.24. The minimum absolute atomic E-state index is 0.137. The minimum atomic E-state index is -0.137. The number of carbonyl (C=O) groups is 1. The van der Waals surface area contributed by atoms with Crippen LogP contribution in [0.25, 0.3) is 11.5 Å². The van der Waals surface area contributed by atoms with Crippen molar-refractivity contribution in [2.24, 2.45) is 0 Å². The molecule has 3 aromatic rings. The Morgan fingerprint density at radius 1 is 1.31 bits per heavy atom. The summed E-state index contributed by atoms with van der Waals surface area (Å²) in [4.78, 5) is 12.1. The molecule has 10 heteroatoms. The lowest BCUT2D eigenvalue weighted by Crippen LogP contribution is -2.16. The number of nitrogen functional groups attached to an aromatic ring is 1. The molecule has 1 aliphatic rings. The molecular formula is C16H16BrN7OS. The smallest absolute Gasteiger partial charge is 0.234 e. The number of hydrogen-bond acceptors (Lipinski definition) is 6. The number of nitrogens with zero attached hydrogens (tertiary/aromatic N) is 4. The summed E-state index contributed by atoms with van der Waals surface area (Å²) < 4.78 is 2.35. The van der Waals surface area contributed by atoms with Gasteiger partial charge in [0.2, 0.25) is 16.9 Å². The predicted molar refractivity (Wildman–Crippen MR) is 103 cm³/mol. The van der Waals surface area contributed by atoms with E-state index in [4.69, 9.17) is 5.84 Å². The van der Waals surface area contributed by atoms with Gasteiger partial charge in [-0.25, -0.2) is 4.68 Å². The van der Waals surface area contributed by atoms with Crippen LogP contribution in [0.3, 0.4) is 0 Å². The largest absolute Gasteiger partial charge is 0.335 e. The maximum Gasteiger partial charge on any atom is 0.234 e. The number of thioether (sulfide) groups is 1. The lowest BCUT2D eigenvalue weighted by Gasteiger charge is -2.05. The van der Waals surface area contributed by atoms with Crippen LogP contribution >= 0.6 is 27.7 Å². The number of nitrogens with one attached hydrogen (secondary N) is 2. The van der Waals surface area contributed by atoms with Crippen LogP contribution in [0.5, 0.6) is 0 Å². The summed E-state index contributed by atoms with van der Waals surface area (Å²) in [6.45, 7) is 0. The Bertz CT molecular complexity index is 950. The lowest BCUT2D eigenvalue weighted by molar-refractivity contribution is -0.113. The van der Waals surface area contributed by atoms with Crippen molar-refractivity contribution < 1.29 is 4.79 Å². The fraction of sp³-hybridized carbons (Fsp3) is 0.250. The Morgan fingerprint density at radius 2 is 2.12 bits per heavy atom. The number of rotatable bonds is 5. The van der Waals surface area contributed by atoms with Crippen LogP contribution < -0.4 is 11.2 Å². The third kappa shape index (κ3) is 3.34. The van der Waals surface area contributed by atoms with Gasteiger partial charge in [0.05, 0.1) is 5.75 Å². The number of fused-ring (bicyclic) bond motifs is 1. The number of aryl methyl sites for hydroxylation is 1. The molecule has 0 saturated heterocycles. The third-order valence-electron chi connectivity index (χ3n) is 4.14. The van der Waals surface area contributed by atoms with Gasteiger partial charge in [0, 0.05) is 21.4 Å². The molecule has 0 bridgehead atoms. The molecule has 134 valence electrons. The highest BCUT2D eigenvalue weighted by atomic mass is 79.9. The van der Waals surface area contributed by atoms with Crippen LogP contribution in [0.1, 0.15) is 17.7 Å². The van der Waals surface area contributed by atoms with Gasteiger partial charge in [-0.15, -0.1) is 10.2 Å². The number of hydrogen-bond donors (Lipinski definition) is 3. The van der Waals surface area contributed by atoms with Crippen LogP contribution in [-0.2, 0) is 17.6 Å². The van der Waals surface area contributed by atoms with Crippen molar-refractivity contribution in [1.82, 2.24) is 25.1 Å². The van der Waals surface area contributed by atoms with E-state index in [1.165, 1.54) is 16.4 Å². The van der Waals surface area contributed by atoms with Crippen molar-refractivity contribution in [3.05, 3.63) is 40.0 Å². The summed E-state index contributed by atoms with van der Waals surface area (Å²) in [5.74, 6) is 6.69. The molecule has 0 fully saturated rings. The van der Waals surface area contributed by atoms with Crippen LogP contribution in [0.2, 0.25) is 0 Å². The molecule has 1 aromatic carbocycles. The fourth-order valence-corrected chi connectivity index (χ4v) is 3.82. The summed E-state index contributed by atoms with van der Waals surface area (Å²) in [6, 6.07) is 7.39. The second-order valence-corrected chi connectivity index (χ2v) is 7.76. The van der Waals surface area contributed by atoms with E-state index in [1.54, 1.807) is 0 Å². The zero-order valence-electron chi connectivity index (χ0n) is 13.7. The SMILES string of the molecule is Nn1c(SCC(=O)Nc2ccc(Br)cc2)nnc1-c1n[nH]c2c1CCC2. The minimum Gasteiger partial charge on any atom is -0.335 e. The van der Waals surface area contributed by atoms with Crippen LogP contribution in [0, 0.1) is 0 Å². The van der Waals surface area contributed by atoms with Crippen molar-refractivity contribution in [2.75, 3.05) is 16.9 Å². The number of aromatic nitrogens is 5. The fourth-order valence-electron chi connectivity index (χ4n) is 2.90. The number of amides is 1. The molecule has 0 radical (unpaired) electrons. The maximum absolute atomic E-state index is 12.1. The maximum atomic E-state index is 12.1. The number of carbonyl (C=O) groups excluding carboxylic acids is 1.